The van der Waals surface area contributed by atoms with Crippen molar-refractivity contribution in [2.75, 3.05) is 4.90 Å². The smallest absolute Gasteiger partial charge is 0.0546 e. The zero-order valence-corrected chi connectivity index (χ0v) is 26.9. The summed E-state index contributed by atoms with van der Waals surface area (Å²) in [6.45, 7) is 0. The van der Waals surface area contributed by atoms with E-state index >= 15 is 0 Å². The third-order valence-electron chi connectivity index (χ3n) is 9.82. The maximum absolute atomic E-state index is 2.46. The van der Waals surface area contributed by atoms with Crippen molar-refractivity contribution >= 4 is 91.7 Å². The van der Waals surface area contributed by atoms with Crippen LogP contribution in [0.1, 0.15) is 0 Å². The van der Waals surface area contributed by atoms with Gasteiger partial charge in [0.2, 0.25) is 0 Å². The topological polar surface area (TPSA) is 3.24 Å². The Hall–Kier alpha value is -5.96. The molecular formula is C46H29NS. The summed E-state index contributed by atoms with van der Waals surface area (Å²) in [7, 11) is 0. The molecule has 10 rings (SSSR count). The first kappa shape index (κ1) is 27.2. The third kappa shape index (κ3) is 4.24. The molecule has 0 aliphatic carbocycles. The minimum absolute atomic E-state index is 1.13. The molecule has 0 aliphatic rings. The first-order valence-electron chi connectivity index (χ1n) is 16.4. The van der Waals surface area contributed by atoms with Crippen LogP contribution >= 0.6 is 11.3 Å². The van der Waals surface area contributed by atoms with Crippen LogP contribution in [0, 0.1) is 0 Å². The SMILES string of the molecule is c1ccc(-c2ccc(N(c3ccc4ccc5sc6ccccc6c5c4c3)c3cc4c5ccccc5ccc4c4ccccc34)cc2)cc1. The van der Waals surface area contributed by atoms with Crippen LogP contribution in [0.4, 0.5) is 17.1 Å². The molecule has 224 valence electrons. The highest BCUT2D eigenvalue weighted by Gasteiger charge is 2.20. The molecule has 0 atom stereocenters. The van der Waals surface area contributed by atoms with Crippen LogP contribution in [0.25, 0.3) is 74.4 Å². The predicted octanol–water partition coefficient (Wildman–Crippen LogP) is 13.8. The number of hydrogen-bond donors (Lipinski definition) is 0. The molecule has 10 aromatic rings. The molecule has 0 saturated carbocycles. The Bertz CT molecular complexity index is 2830. The second kappa shape index (κ2) is 10.8. The highest BCUT2D eigenvalue weighted by Crippen LogP contribution is 2.46. The number of anilines is 3. The Morgan fingerprint density at radius 1 is 0.333 bits per heavy atom. The maximum Gasteiger partial charge on any atom is 0.0546 e. The van der Waals surface area contributed by atoms with Crippen LogP contribution in [0.5, 0.6) is 0 Å². The van der Waals surface area contributed by atoms with Crippen molar-refractivity contribution in [1.82, 2.24) is 0 Å². The minimum atomic E-state index is 1.13. The molecule has 0 fully saturated rings. The van der Waals surface area contributed by atoms with Crippen molar-refractivity contribution in [1.29, 1.82) is 0 Å². The van der Waals surface area contributed by atoms with Gasteiger partial charge >= 0.3 is 0 Å². The van der Waals surface area contributed by atoms with E-state index in [1.54, 1.807) is 0 Å². The van der Waals surface area contributed by atoms with Gasteiger partial charge in [0.1, 0.15) is 0 Å². The molecule has 48 heavy (non-hydrogen) atoms. The number of nitrogens with zero attached hydrogens (tertiary/aromatic N) is 1. The number of benzene rings is 9. The summed E-state index contributed by atoms with van der Waals surface area (Å²) < 4.78 is 2.65. The number of hydrogen-bond acceptors (Lipinski definition) is 2. The van der Waals surface area contributed by atoms with E-state index in [2.05, 4.69) is 181 Å². The molecule has 0 N–H and O–H groups in total. The van der Waals surface area contributed by atoms with Gasteiger partial charge in [-0.2, -0.15) is 0 Å². The van der Waals surface area contributed by atoms with Gasteiger partial charge in [0.25, 0.3) is 0 Å². The lowest BCUT2D eigenvalue weighted by Gasteiger charge is -2.28. The standard InChI is InChI=1S/C46H29NS/c1-2-10-30(11-3-1)31-18-23-34(24-19-31)47(35-25-20-33-22-27-45-46(41(33)28-35)40-16-8-9-17-44(40)48-45)43-29-42-36-13-5-4-12-32(36)21-26-38(42)37-14-6-7-15-39(37)43/h1-29H. The Kier molecular flexibility index (Phi) is 6.12. The quantitative estimate of drug-likeness (QED) is 0.176. The van der Waals surface area contributed by atoms with E-state index in [1.165, 1.54) is 80.1 Å². The van der Waals surface area contributed by atoms with Crippen molar-refractivity contribution in [2.24, 2.45) is 0 Å². The van der Waals surface area contributed by atoms with Gasteiger partial charge in [-0.1, -0.05) is 133 Å². The summed E-state index contributed by atoms with van der Waals surface area (Å²) in [5, 5.41) is 12.7. The van der Waals surface area contributed by atoms with Gasteiger partial charge in [-0.15, -0.1) is 11.3 Å². The molecule has 0 spiro atoms. The second-order valence-electron chi connectivity index (χ2n) is 12.5. The van der Waals surface area contributed by atoms with Crippen molar-refractivity contribution in [2.45, 2.75) is 0 Å². The van der Waals surface area contributed by atoms with Crippen molar-refractivity contribution < 1.29 is 0 Å². The van der Waals surface area contributed by atoms with Crippen LogP contribution in [-0.2, 0) is 0 Å². The molecule has 0 unspecified atom stereocenters. The molecule has 0 saturated heterocycles. The molecule has 1 aromatic heterocycles. The van der Waals surface area contributed by atoms with Gasteiger partial charge in [0.05, 0.1) is 5.69 Å². The fraction of sp³-hybridized carbons (Fsp3) is 0. The van der Waals surface area contributed by atoms with Crippen molar-refractivity contribution in [3.63, 3.8) is 0 Å². The molecule has 0 radical (unpaired) electrons. The summed E-state index contributed by atoms with van der Waals surface area (Å²) in [5.74, 6) is 0. The molecule has 2 heteroatoms. The Morgan fingerprint density at radius 2 is 0.938 bits per heavy atom. The highest BCUT2D eigenvalue weighted by molar-refractivity contribution is 7.26. The molecule has 1 heterocycles. The van der Waals surface area contributed by atoms with Gasteiger partial charge in [-0.3, -0.25) is 0 Å². The Labute approximate surface area is 282 Å². The van der Waals surface area contributed by atoms with Gasteiger partial charge in [-0.25, -0.2) is 0 Å². The average molecular weight is 628 g/mol. The molecule has 0 aliphatic heterocycles. The van der Waals surface area contributed by atoms with Crippen LogP contribution in [-0.4, -0.2) is 0 Å². The zero-order chi connectivity index (χ0) is 31.6. The van der Waals surface area contributed by atoms with Crippen LogP contribution in [0.2, 0.25) is 0 Å². The van der Waals surface area contributed by atoms with Crippen LogP contribution in [0.3, 0.4) is 0 Å². The summed E-state index contributed by atoms with van der Waals surface area (Å²) in [5.41, 5.74) is 5.86. The molecule has 0 amide bonds. The largest absolute Gasteiger partial charge is 0.310 e. The van der Waals surface area contributed by atoms with Crippen LogP contribution < -0.4 is 4.90 Å². The minimum Gasteiger partial charge on any atom is -0.310 e. The highest BCUT2D eigenvalue weighted by atomic mass is 32.1. The van der Waals surface area contributed by atoms with E-state index < -0.39 is 0 Å². The lowest BCUT2D eigenvalue weighted by molar-refractivity contribution is 1.31. The molecular weight excluding hydrogens is 599 g/mol. The molecule has 9 aromatic carbocycles. The lowest BCUT2D eigenvalue weighted by Crippen LogP contribution is -2.10. The van der Waals surface area contributed by atoms with Crippen molar-refractivity contribution in [3.8, 4) is 11.1 Å². The normalized spacial score (nSPS) is 11.8. The van der Waals surface area contributed by atoms with Gasteiger partial charge < -0.3 is 4.90 Å². The molecule has 1 nitrogen and oxygen atoms in total. The van der Waals surface area contributed by atoms with Gasteiger partial charge in [-0.05, 0) is 91.3 Å². The number of thiophene rings is 1. The average Bonchev–Trinajstić information content (AvgIpc) is 3.55. The van der Waals surface area contributed by atoms with Crippen molar-refractivity contribution in [3.05, 3.63) is 176 Å². The number of fused-ring (bicyclic) bond motifs is 10. The van der Waals surface area contributed by atoms with E-state index in [0.717, 1.165) is 11.4 Å². The van der Waals surface area contributed by atoms with E-state index in [-0.39, 0.29) is 0 Å². The van der Waals surface area contributed by atoms with E-state index in [1.807, 2.05) is 11.3 Å². The molecule has 0 bridgehead atoms. The summed E-state index contributed by atoms with van der Waals surface area (Å²) in [6.07, 6.45) is 0. The van der Waals surface area contributed by atoms with Gasteiger partial charge in [0.15, 0.2) is 0 Å². The fourth-order valence-electron chi connectivity index (χ4n) is 7.56. The van der Waals surface area contributed by atoms with E-state index in [0.29, 0.717) is 0 Å². The first-order chi connectivity index (χ1) is 23.8. The Morgan fingerprint density at radius 3 is 1.79 bits per heavy atom. The monoisotopic (exact) mass is 627 g/mol. The second-order valence-corrected chi connectivity index (χ2v) is 13.6. The Balaban J connectivity index is 1.28. The summed E-state index contributed by atoms with van der Waals surface area (Å²) in [6, 6.07) is 64.6. The van der Waals surface area contributed by atoms with Gasteiger partial charge in [0, 0.05) is 36.9 Å². The van der Waals surface area contributed by atoms with Crippen LogP contribution in [0.15, 0.2) is 176 Å². The zero-order valence-electron chi connectivity index (χ0n) is 26.1. The lowest BCUT2D eigenvalue weighted by atomic mass is 9.95. The predicted molar refractivity (Wildman–Crippen MR) is 209 cm³/mol. The fourth-order valence-corrected chi connectivity index (χ4v) is 8.68. The van der Waals surface area contributed by atoms with E-state index in [9.17, 15) is 0 Å². The summed E-state index contributed by atoms with van der Waals surface area (Å²) in [4.78, 5) is 2.46. The summed E-state index contributed by atoms with van der Waals surface area (Å²) >= 11 is 1.87. The number of rotatable bonds is 4. The first-order valence-corrected chi connectivity index (χ1v) is 17.2. The maximum atomic E-state index is 2.46. The van der Waals surface area contributed by atoms with E-state index in [4.69, 9.17) is 0 Å². The third-order valence-corrected chi connectivity index (χ3v) is 11.0.